The van der Waals surface area contributed by atoms with Gasteiger partial charge < -0.3 is 5.11 Å². The lowest BCUT2D eigenvalue weighted by Crippen LogP contribution is -2.38. The molecule has 1 heterocycles. The van der Waals surface area contributed by atoms with E-state index in [0.29, 0.717) is 6.04 Å². The summed E-state index contributed by atoms with van der Waals surface area (Å²) in [5, 5.41) is 10.5. The molecule has 1 aliphatic rings. The van der Waals surface area contributed by atoms with Gasteiger partial charge in [-0.3, -0.25) is 9.80 Å². The molecule has 0 aromatic heterocycles. The maximum absolute atomic E-state index is 10.5. The number of β-amino-alcohol motifs (C(OH)–C–C–N with tert-alkyl or cyclic N) is 1. The molecule has 1 N–H and O–H groups in total. The molecule has 3 nitrogen and oxygen atoms in total. The number of aliphatic hydroxyl groups excluding tert-OH is 1. The molecule has 2 atom stereocenters. The number of rotatable bonds is 6. The Balaban J connectivity index is 1.93. The van der Waals surface area contributed by atoms with Crippen LogP contribution in [-0.2, 0) is 0 Å². The highest BCUT2D eigenvalue weighted by atomic mass is 16.3. The third-order valence-electron chi connectivity index (χ3n) is 4.64. The molecule has 1 aromatic carbocycles. The van der Waals surface area contributed by atoms with Crippen molar-refractivity contribution in [2.45, 2.75) is 46.3 Å². The summed E-state index contributed by atoms with van der Waals surface area (Å²) in [6, 6.07) is 7.03. The van der Waals surface area contributed by atoms with Crippen molar-refractivity contribution in [3.63, 3.8) is 0 Å². The van der Waals surface area contributed by atoms with Gasteiger partial charge >= 0.3 is 0 Å². The van der Waals surface area contributed by atoms with Crippen molar-refractivity contribution in [2.24, 2.45) is 0 Å². The van der Waals surface area contributed by atoms with E-state index in [-0.39, 0.29) is 6.10 Å². The highest BCUT2D eigenvalue weighted by Crippen LogP contribution is 2.22. The van der Waals surface area contributed by atoms with Crippen molar-refractivity contribution in [3.05, 3.63) is 34.9 Å². The molecule has 2 rings (SSSR count). The van der Waals surface area contributed by atoms with Gasteiger partial charge in [-0.25, -0.2) is 0 Å². The normalized spacial score (nSPS) is 21.1. The van der Waals surface area contributed by atoms with Crippen molar-refractivity contribution in [1.29, 1.82) is 0 Å². The molecular weight excluding hydrogens is 260 g/mol. The Labute approximate surface area is 129 Å². The molecule has 0 amide bonds. The Kier molecular flexibility index (Phi) is 5.80. The van der Waals surface area contributed by atoms with Crippen LogP contribution in [0.4, 0.5) is 0 Å². The minimum Gasteiger partial charge on any atom is -0.387 e. The van der Waals surface area contributed by atoms with E-state index in [2.05, 4.69) is 55.7 Å². The average molecular weight is 290 g/mol. The molecule has 1 aliphatic heterocycles. The molecule has 1 saturated heterocycles. The third kappa shape index (κ3) is 4.29. The molecule has 0 spiro atoms. The third-order valence-corrected chi connectivity index (χ3v) is 4.64. The zero-order valence-corrected chi connectivity index (χ0v) is 14.0. The molecule has 2 unspecified atom stereocenters. The predicted molar refractivity (Wildman–Crippen MR) is 88.6 cm³/mol. The lowest BCUT2D eigenvalue weighted by Gasteiger charge is -2.27. The number of aliphatic hydroxyl groups is 1. The summed E-state index contributed by atoms with van der Waals surface area (Å²) in [7, 11) is 0. The van der Waals surface area contributed by atoms with Gasteiger partial charge in [0.15, 0.2) is 0 Å². The van der Waals surface area contributed by atoms with Gasteiger partial charge in [-0.15, -0.1) is 0 Å². The second kappa shape index (κ2) is 7.39. The summed E-state index contributed by atoms with van der Waals surface area (Å²) in [5.41, 5.74) is 3.51. The highest BCUT2D eigenvalue weighted by molar-refractivity contribution is 5.30. The Hall–Kier alpha value is -0.900. The van der Waals surface area contributed by atoms with Crippen molar-refractivity contribution < 1.29 is 5.11 Å². The zero-order valence-electron chi connectivity index (χ0n) is 14.0. The largest absolute Gasteiger partial charge is 0.387 e. The lowest BCUT2D eigenvalue weighted by molar-refractivity contribution is 0.119. The van der Waals surface area contributed by atoms with Crippen LogP contribution in [-0.4, -0.2) is 53.7 Å². The minimum atomic E-state index is -0.376. The SMILES string of the molecule is CCN(CC)C1CCN(CC(O)c2cc(C)cc(C)c2)C1. The average Bonchev–Trinajstić information content (AvgIpc) is 2.87. The summed E-state index contributed by atoms with van der Waals surface area (Å²) in [6.45, 7) is 13.8. The molecule has 118 valence electrons. The van der Waals surface area contributed by atoms with E-state index in [1.54, 1.807) is 0 Å². The number of benzene rings is 1. The molecule has 0 radical (unpaired) electrons. The van der Waals surface area contributed by atoms with E-state index in [4.69, 9.17) is 0 Å². The fraction of sp³-hybridized carbons (Fsp3) is 0.667. The molecule has 1 fully saturated rings. The maximum Gasteiger partial charge on any atom is 0.0917 e. The van der Waals surface area contributed by atoms with Crippen LogP contribution in [0.3, 0.4) is 0 Å². The first kappa shape index (κ1) is 16.5. The first-order valence-corrected chi connectivity index (χ1v) is 8.26. The summed E-state index contributed by atoms with van der Waals surface area (Å²) < 4.78 is 0. The van der Waals surface area contributed by atoms with Gasteiger partial charge in [-0.2, -0.15) is 0 Å². The van der Waals surface area contributed by atoms with E-state index >= 15 is 0 Å². The van der Waals surface area contributed by atoms with Gasteiger partial charge in [0.25, 0.3) is 0 Å². The van der Waals surface area contributed by atoms with Crippen LogP contribution >= 0.6 is 0 Å². The van der Waals surface area contributed by atoms with Crippen molar-refractivity contribution in [1.82, 2.24) is 9.80 Å². The first-order valence-electron chi connectivity index (χ1n) is 8.26. The molecule has 1 aromatic rings. The monoisotopic (exact) mass is 290 g/mol. The number of nitrogens with zero attached hydrogens (tertiary/aromatic N) is 2. The van der Waals surface area contributed by atoms with Crippen LogP contribution in [0.1, 0.15) is 43.1 Å². The van der Waals surface area contributed by atoms with Crippen LogP contribution in [0.5, 0.6) is 0 Å². The number of likely N-dealkylation sites (tertiary alicyclic amines) is 1. The predicted octanol–water partition coefficient (Wildman–Crippen LogP) is 2.75. The lowest BCUT2D eigenvalue weighted by atomic mass is 10.0. The van der Waals surface area contributed by atoms with Crippen LogP contribution in [0, 0.1) is 13.8 Å². The number of hydrogen-bond donors (Lipinski definition) is 1. The Morgan fingerprint density at radius 2 is 1.81 bits per heavy atom. The molecule has 3 heteroatoms. The Bertz CT molecular complexity index is 436. The topological polar surface area (TPSA) is 26.7 Å². The summed E-state index contributed by atoms with van der Waals surface area (Å²) in [6.07, 6.45) is 0.848. The van der Waals surface area contributed by atoms with Gasteiger partial charge in [0.05, 0.1) is 6.10 Å². The van der Waals surface area contributed by atoms with Crippen molar-refractivity contribution in [2.75, 3.05) is 32.7 Å². The number of hydrogen-bond acceptors (Lipinski definition) is 3. The first-order chi connectivity index (χ1) is 10.0. The number of likely N-dealkylation sites (N-methyl/N-ethyl adjacent to an activating group) is 1. The number of aryl methyl sites for hydroxylation is 2. The van der Waals surface area contributed by atoms with E-state index in [1.165, 1.54) is 17.5 Å². The Morgan fingerprint density at radius 1 is 1.19 bits per heavy atom. The molecule has 0 bridgehead atoms. The molecule has 0 aliphatic carbocycles. The fourth-order valence-electron chi connectivity index (χ4n) is 3.57. The van der Waals surface area contributed by atoms with Crippen LogP contribution in [0.15, 0.2) is 18.2 Å². The van der Waals surface area contributed by atoms with E-state index in [9.17, 15) is 5.11 Å². The van der Waals surface area contributed by atoms with Gasteiger partial charge in [-0.1, -0.05) is 43.2 Å². The second-order valence-electron chi connectivity index (χ2n) is 6.36. The van der Waals surface area contributed by atoms with E-state index < -0.39 is 0 Å². The maximum atomic E-state index is 10.5. The summed E-state index contributed by atoms with van der Waals surface area (Å²) in [4.78, 5) is 4.94. The van der Waals surface area contributed by atoms with Gasteiger partial charge in [-0.05, 0) is 45.5 Å². The summed E-state index contributed by atoms with van der Waals surface area (Å²) in [5.74, 6) is 0. The Morgan fingerprint density at radius 3 is 2.38 bits per heavy atom. The van der Waals surface area contributed by atoms with E-state index in [1.807, 2.05) is 0 Å². The van der Waals surface area contributed by atoms with Gasteiger partial charge in [0.1, 0.15) is 0 Å². The minimum absolute atomic E-state index is 0.376. The van der Waals surface area contributed by atoms with E-state index in [0.717, 1.165) is 38.3 Å². The molecule has 21 heavy (non-hydrogen) atoms. The van der Waals surface area contributed by atoms with Crippen LogP contribution < -0.4 is 0 Å². The fourth-order valence-corrected chi connectivity index (χ4v) is 3.57. The van der Waals surface area contributed by atoms with Crippen LogP contribution in [0.25, 0.3) is 0 Å². The van der Waals surface area contributed by atoms with Gasteiger partial charge in [0, 0.05) is 19.1 Å². The van der Waals surface area contributed by atoms with Crippen LogP contribution in [0.2, 0.25) is 0 Å². The van der Waals surface area contributed by atoms with Gasteiger partial charge in [0.2, 0.25) is 0 Å². The zero-order chi connectivity index (χ0) is 15.4. The second-order valence-corrected chi connectivity index (χ2v) is 6.36. The standard InChI is InChI=1S/C18H30N2O/c1-5-20(6-2)17-7-8-19(12-17)13-18(21)16-10-14(3)9-15(4)11-16/h9-11,17-18,21H,5-8,12-13H2,1-4H3. The van der Waals surface area contributed by atoms with Crippen molar-refractivity contribution >= 4 is 0 Å². The van der Waals surface area contributed by atoms with Crippen molar-refractivity contribution in [3.8, 4) is 0 Å². The quantitative estimate of drug-likeness (QED) is 0.873. The molecular formula is C18H30N2O. The highest BCUT2D eigenvalue weighted by Gasteiger charge is 2.27. The molecule has 0 saturated carbocycles. The smallest absolute Gasteiger partial charge is 0.0917 e. The summed E-state index contributed by atoms with van der Waals surface area (Å²) >= 11 is 0.